The average Bonchev–Trinajstić information content (AvgIpc) is 2.76. The Balaban J connectivity index is 2.24. The van der Waals surface area contributed by atoms with Crippen LogP contribution in [0.1, 0.15) is 30.1 Å². The maximum atomic E-state index is 11.5. The molecule has 3 N–H and O–H groups in total. The van der Waals surface area contributed by atoms with Gasteiger partial charge in [-0.2, -0.15) is 5.10 Å². The summed E-state index contributed by atoms with van der Waals surface area (Å²) in [5, 5.41) is 17.4. The van der Waals surface area contributed by atoms with Gasteiger partial charge in [0.05, 0.1) is 11.8 Å². The first-order chi connectivity index (χ1) is 7.59. The third kappa shape index (κ3) is 4.12. The zero-order valence-corrected chi connectivity index (χ0v) is 9.06. The van der Waals surface area contributed by atoms with Gasteiger partial charge in [-0.25, -0.2) is 0 Å². The maximum absolute atomic E-state index is 11.5. The number of carbonyl (C=O) groups excluding carboxylic acids is 1. The predicted octanol–water partition coefficient (Wildman–Crippen LogP) is 0.640. The summed E-state index contributed by atoms with van der Waals surface area (Å²) in [6.07, 6.45) is 3.64. The van der Waals surface area contributed by atoms with Gasteiger partial charge in [0.15, 0.2) is 0 Å². The Morgan fingerprint density at radius 2 is 2.38 bits per heavy atom. The average molecular weight is 225 g/mol. The van der Waals surface area contributed by atoms with Gasteiger partial charge in [-0.05, 0) is 12.3 Å². The van der Waals surface area contributed by atoms with E-state index in [-0.39, 0.29) is 18.2 Å². The molecule has 16 heavy (non-hydrogen) atoms. The monoisotopic (exact) mass is 225 g/mol. The summed E-state index contributed by atoms with van der Waals surface area (Å²) in [5.41, 5.74) is 0.477. The lowest BCUT2D eigenvalue weighted by molar-refractivity contribution is -0.137. The van der Waals surface area contributed by atoms with Crippen LogP contribution in [-0.2, 0) is 4.79 Å². The fourth-order valence-electron chi connectivity index (χ4n) is 1.22. The minimum atomic E-state index is -0.812. The number of hydrogen-bond acceptors (Lipinski definition) is 3. The molecule has 0 aliphatic rings. The number of carboxylic acid groups (broad SMARTS) is 1. The van der Waals surface area contributed by atoms with Crippen LogP contribution in [0.4, 0.5) is 0 Å². The Labute approximate surface area is 93.1 Å². The minimum absolute atomic E-state index is 0.128. The quantitative estimate of drug-likeness (QED) is 0.662. The highest BCUT2D eigenvalue weighted by atomic mass is 16.4. The van der Waals surface area contributed by atoms with Gasteiger partial charge in [-0.1, -0.05) is 6.92 Å². The Morgan fingerprint density at radius 1 is 1.62 bits per heavy atom. The van der Waals surface area contributed by atoms with Crippen LogP contribution in [0.25, 0.3) is 0 Å². The van der Waals surface area contributed by atoms with E-state index in [2.05, 4.69) is 15.5 Å². The SMILES string of the molecule is CC(CCC(=O)O)CNC(=O)c1cn[nH]c1. The summed E-state index contributed by atoms with van der Waals surface area (Å²) in [5.74, 6) is -0.865. The molecule has 88 valence electrons. The predicted molar refractivity (Wildman–Crippen MR) is 57.0 cm³/mol. The van der Waals surface area contributed by atoms with Gasteiger partial charge in [-0.3, -0.25) is 14.7 Å². The summed E-state index contributed by atoms with van der Waals surface area (Å²) < 4.78 is 0. The van der Waals surface area contributed by atoms with Crippen molar-refractivity contribution in [1.29, 1.82) is 0 Å². The molecule has 0 aliphatic heterocycles. The molecule has 0 fully saturated rings. The zero-order valence-electron chi connectivity index (χ0n) is 9.06. The lowest BCUT2D eigenvalue weighted by Crippen LogP contribution is -2.28. The molecule has 0 saturated carbocycles. The van der Waals surface area contributed by atoms with Crippen LogP contribution < -0.4 is 5.32 Å². The lowest BCUT2D eigenvalue weighted by atomic mass is 10.1. The van der Waals surface area contributed by atoms with Crippen LogP contribution in [0.2, 0.25) is 0 Å². The molecular weight excluding hydrogens is 210 g/mol. The van der Waals surface area contributed by atoms with E-state index in [9.17, 15) is 9.59 Å². The highest BCUT2D eigenvalue weighted by Gasteiger charge is 2.09. The normalized spacial score (nSPS) is 12.1. The van der Waals surface area contributed by atoms with Crippen molar-refractivity contribution in [3.8, 4) is 0 Å². The number of aromatic amines is 1. The van der Waals surface area contributed by atoms with Crippen molar-refractivity contribution < 1.29 is 14.7 Å². The Hall–Kier alpha value is -1.85. The number of carboxylic acids is 1. The van der Waals surface area contributed by atoms with E-state index in [4.69, 9.17) is 5.11 Å². The van der Waals surface area contributed by atoms with Crippen molar-refractivity contribution >= 4 is 11.9 Å². The van der Waals surface area contributed by atoms with Gasteiger partial charge >= 0.3 is 5.97 Å². The highest BCUT2D eigenvalue weighted by molar-refractivity contribution is 5.93. The van der Waals surface area contributed by atoms with E-state index in [0.717, 1.165) is 0 Å². The van der Waals surface area contributed by atoms with E-state index in [1.54, 1.807) is 0 Å². The molecule has 1 aromatic heterocycles. The van der Waals surface area contributed by atoms with Gasteiger partial charge in [-0.15, -0.1) is 0 Å². The van der Waals surface area contributed by atoms with Crippen LogP contribution in [0.15, 0.2) is 12.4 Å². The molecule has 6 heteroatoms. The summed E-state index contributed by atoms with van der Waals surface area (Å²) in [7, 11) is 0. The second kappa shape index (κ2) is 5.89. The van der Waals surface area contributed by atoms with E-state index in [1.165, 1.54) is 12.4 Å². The third-order valence-corrected chi connectivity index (χ3v) is 2.22. The van der Waals surface area contributed by atoms with E-state index < -0.39 is 5.97 Å². The molecule has 0 aliphatic carbocycles. The van der Waals surface area contributed by atoms with Gasteiger partial charge in [0.1, 0.15) is 0 Å². The van der Waals surface area contributed by atoms with Crippen molar-refractivity contribution in [1.82, 2.24) is 15.5 Å². The molecule has 1 heterocycles. The number of H-pyrrole nitrogens is 1. The van der Waals surface area contributed by atoms with E-state index >= 15 is 0 Å². The molecule has 0 spiro atoms. The molecule has 1 rings (SSSR count). The Bertz CT molecular complexity index is 348. The number of carbonyl (C=O) groups is 2. The third-order valence-electron chi connectivity index (χ3n) is 2.22. The lowest BCUT2D eigenvalue weighted by Gasteiger charge is -2.10. The largest absolute Gasteiger partial charge is 0.481 e. The summed E-state index contributed by atoms with van der Waals surface area (Å²) in [4.78, 5) is 21.8. The first-order valence-corrected chi connectivity index (χ1v) is 5.08. The second-order valence-electron chi connectivity index (χ2n) is 3.73. The van der Waals surface area contributed by atoms with Crippen molar-refractivity contribution in [2.24, 2.45) is 5.92 Å². The van der Waals surface area contributed by atoms with Crippen LogP contribution in [0.5, 0.6) is 0 Å². The fourth-order valence-corrected chi connectivity index (χ4v) is 1.22. The molecule has 0 saturated heterocycles. The molecule has 0 radical (unpaired) electrons. The fraction of sp³-hybridized carbons (Fsp3) is 0.500. The number of amides is 1. The molecule has 0 bridgehead atoms. The van der Waals surface area contributed by atoms with Crippen LogP contribution in [-0.4, -0.2) is 33.7 Å². The Morgan fingerprint density at radius 3 is 2.94 bits per heavy atom. The number of nitrogens with zero attached hydrogens (tertiary/aromatic N) is 1. The molecule has 0 aromatic carbocycles. The molecule has 6 nitrogen and oxygen atoms in total. The van der Waals surface area contributed by atoms with E-state index in [1.807, 2.05) is 6.92 Å². The number of rotatable bonds is 6. The Kier molecular flexibility index (Phi) is 4.50. The molecular formula is C10H15N3O3. The van der Waals surface area contributed by atoms with E-state index in [0.29, 0.717) is 18.5 Å². The zero-order chi connectivity index (χ0) is 12.0. The van der Waals surface area contributed by atoms with Crippen LogP contribution in [0, 0.1) is 5.92 Å². The molecule has 1 aromatic rings. The van der Waals surface area contributed by atoms with Crippen LogP contribution >= 0.6 is 0 Å². The summed E-state index contributed by atoms with van der Waals surface area (Å²) in [6, 6.07) is 0. The number of nitrogens with one attached hydrogen (secondary N) is 2. The maximum Gasteiger partial charge on any atom is 0.303 e. The van der Waals surface area contributed by atoms with Crippen molar-refractivity contribution in [2.45, 2.75) is 19.8 Å². The minimum Gasteiger partial charge on any atom is -0.481 e. The molecule has 1 unspecified atom stereocenters. The van der Waals surface area contributed by atoms with Gasteiger partial charge in [0, 0.05) is 19.2 Å². The van der Waals surface area contributed by atoms with Gasteiger partial charge < -0.3 is 10.4 Å². The summed E-state index contributed by atoms with van der Waals surface area (Å²) >= 11 is 0. The standard InChI is InChI=1S/C10H15N3O3/c1-7(2-3-9(14)15)4-11-10(16)8-5-12-13-6-8/h5-7H,2-4H2,1H3,(H,11,16)(H,12,13)(H,14,15). The first kappa shape index (κ1) is 12.2. The van der Waals surface area contributed by atoms with Crippen LogP contribution in [0.3, 0.4) is 0 Å². The topological polar surface area (TPSA) is 95.1 Å². The second-order valence-corrected chi connectivity index (χ2v) is 3.73. The number of aromatic nitrogens is 2. The molecule has 1 amide bonds. The van der Waals surface area contributed by atoms with Gasteiger partial charge in [0.2, 0.25) is 0 Å². The van der Waals surface area contributed by atoms with Gasteiger partial charge in [0.25, 0.3) is 5.91 Å². The smallest absolute Gasteiger partial charge is 0.303 e. The first-order valence-electron chi connectivity index (χ1n) is 5.08. The summed E-state index contributed by atoms with van der Waals surface area (Å²) in [6.45, 7) is 2.37. The number of aliphatic carboxylic acids is 1. The van der Waals surface area contributed by atoms with Crippen molar-refractivity contribution in [3.63, 3.8) is 0 Å². The van der Waals surface area contributed by atoms with Crippen molar-refractivity contribution in [2.75, 3.05) is 6.54 Å². The molecule has 1 atom stereocenters. The number of hydrogen-bond donors (Lipinski definition) is 3. The highest BCUT2D eigenvalue weighted by Crippen LogP contribution is 2.04. The van der Waals surface area contributed by atoms with Crippen molar-refractivity contribution in [3.05, 3.63) is 18.0 Å².